The van der Waals surface area contributed by atoms with Crippen molar-refractivity contribution in [2.45, 2.75) is 6.42 Å². The summed E-state index contributed by atoms with van der Waals surface area (Å²) >= 11 is 5.16. The van der Waals surface area contributed by atoms with Gasteiger partial charge in [-0.25, -0.2) is 0 Å². The number of rotatable bonds is 1. The van der Waals surface area contributed by atoms with Crippen LogP contribution in [0.25, 0.3) is 5.57 Å². The summed E-state index contributed by atoms with van der Waals surface area (Å²) in [5, 5.41) is 0. The zero-order valence-electron chi connectivity index (χ0n) is 9.40. The van der Waals surface area contributed by atoms with Gasteiger partial charge in [0.2, 0.25) is 6.79 Å². The number of allylic oxidation sites excluding steroid dienone is 4. The molecule has 1 fully saturated rings. The summed E-state index contributed by atoms with van der Waals surface area (Å²) in [5.74, 6) is 1.62. The minimum Gasteiger partial charge on any atom is -0.454 e. The molecular weight excluding hydrogens is 236 g/mol. The van der Waals surface area contributed by atoms with Crippen LogP contribution in [-0.4, -0.2) is 16.3 Å². The lowest BCUT2D eigenvalue weighted by molar-refractivity contribution is 0.0975. The summed E-state index contributed by atoms with van der Waals surface area (Å²) in [6, 6.07) is 0. The first-order valence-corrected chi connectivity index (χ1v) is 5.79. The third-order valence-corrected chi connectivity index (χ3v) is 3.29. The number of ether oxygens (including phenoxy) is 2. The molecule has 0 spiro atoms. The molecule has 1 aliphatic heterocycles. The van der Waals surface area contributed by atoms with E-state index in [9.17, 15) is 0 Å². The lowest BCUT2D eigenvalue weighted by atomic mass is 10.1. The molecule has 0 atom stereocenters. The quantitative estimate of drug-likeness (QED) is 0.777. The van der Waals surface area contributed by atoms with Crippen molar-refractivity contribution in [3.63, 3.8) is 0 Å². The van der Waals surface area contributed by atoms with Gasteiger partial charge in [-0.1, -0.05) is 6.08 Å². The highest BCUT2D eigenvalue weighted by atomic mass is 32.1. The Morgan fingerprint density at radius 2 is 2.12 bits per heavy atom. The molecule has 17 heavy (non-hydrogen) atoms. The molecule has 88 valence electrons. The second-order valence-corrected chi connectivity index (χ2v) is 4.30. The molecule has 3 rings (SSSR count). The fourth-order valence-electron chi connectivity index (χ4n) is 1.95. The topological polar surface area (TPSA) is 39.2 Å². The van der Waals surface area contributed by atoms with Crippen LogP contribution in [0.3, 0.4) is 0 Å². The third-order valence-electron chi connectivity index (χ3n) is 2.89. The average molecular weight is 248 g/mol. The van der Waals surface area contributed by atoms with E-state index in [4.69, 9.17) is 21.7 Å². The molecule has 1 aromatic rings. The van der Waals surface area contributed by atoms with Crippen molar-refractivity contribution >= 4 is 17.8 Å². The van der Waals surface area contributed by atoms with E-state index in [2.05, 4.69) is 11.1 Å². The third kappa shape index (κ3) is 1.72. The van der Waals surface area contributed by atoms with Gasteiger partial charge in [0.05, 0.1) is 5.69 Å². The molecule has 0 bridgehead atoms. The largest absolute Gasteiger partial charge is 0.454 e. The molecule has 0 radical (unpaired) electrons. The minimum absolute atomic E-state index is 0.302. The predicted molar refractivity (Wildman–Crippen MR) is 66.4 cm³/mol. The van der Waals surface area contributed by atoms with Gasteiger partial charge in [0.15, 0.2) is 16.3 Å². The Hall–Kier alpha value is -1.75. The molecule has 5 heteroatoms. The van der Waals surface area contributed by atoms with Crippen molar-refractivity contribution in [1.82, 2.24) is 9.55 Å². The molecular formula is C12H12N2O2S. The number of hydrogen-bond donors (Lipinski definition) is 1. The first kappa shape index (κ1) is 10.4. The lowest BCUT2D eigenvalue weighted by Crippen LogP contribution is -1.95. The second-order valence-electron chi connectivity index (χ2n) is 3.92. The summed E-state index contributed by atoms with van der Waals surface area (Å²) in [4.78, 5) is 3.03. The van der Waals surface area contributed by atoms with Crippen LogP contribution in [0.4, 0.5) is 0 Å². The van der Waals surface area contributed by atoms with Crippen LogP contribution in [0.2, 0.25) is 0 Å². The van der Waals surface area contributed by atoms with Crippen LogP contribution in [0, 0.1) is 4.77 Å². The zero-order chi connectivity index (χ0) is 11.8. The summed E-state index contributed by atoms with van der Waals surface area (Å²) < 4.78 is 13.4. The van der Waals surface area contributed by atoms with E-state index in [0.717, 1.165) is 29.2 Å². The Balaban J connectivity index is 2.05. The van der Waals surface area contributed by atoms with Gasteiger partial charge in [0.25, 0.3) is 0 Å². The van der Waals surface area contributed by atoms with Gasteiger partial charge < -0.3 is 19.0 Å². The molecule has 2 heterocycles. The summed E-state index contributed by atoms with van der Waals surface area (Å²) in [5.41, 5.74) is 2.14. The van der Waals surface area contributed by atoms with Crippen molar-refractivity contribution in [2.75, 3.05) is 6.79 Å². The van der Waals surface area contributed by atoms with Crippen molar-refractivity contribution in [2.24, 2.45) is 7.05 Å². The van der Waals surface area contributed by atoms with E-state index in [0.29, 0.717) is 11.6 Å². The predicted octanol–water partition coefficient (Wildman–Crippen LogP) is 2.64. The molecule has 2 aliphatic rings. The molecule has 0 saturated carbocycles. The van der Waals surface area contributed by atoms with Gasteiger partial charge in [0.1, 0.15) is 0 Å². The molecule has 0 amide bonds. The van der Waals surface area contributed by atoms with E-state index in [1.165, 1.54) is 0 Å². The van der Waals surface area contributed by atoms with E-state index in [1.807, 2.05) is 30.0 Å². The highest BCUT2D eigenvalue weighted by molar-refractivity contribution is 7.71. The minimum atomic E-state index is 0.302. The van der Waals surface area contributed by atoms with Crippen LogP contribution in [0.1, 0.15) is 12.1 Å². The SMILES string of the molecule is Cn1c(C2=CCC=C3OCOC3=C2)c[nH]c1=S. The maximum atomic E-state index is 5.42. The van der Waals surface area contributed by atoms with Crippen molar-refractivity contribution in [3.05, 3.63) is 46.4 Å². The van der Waals surface area contributed by atoms with E-state index < -0.39 is 0 Å². The van der Waals surface area contributed by atoms with E-state index in [1.54, 1.807) is 0 Å². The van der Waals surface area contributed by atoms with Gasteiger partial charge in [-0.05, 0) is 36.4 Å². The Morgan fingerprint density at radius 1 is 1.29 bits per heavy atom. The van der Waals surface area contributed by atoms with Crippen LogP contribution in [-0.2, 0) is 16.5 Å². The Labute approximate surface area is 104 Å². The fourth-order valence-corrected chi connectivity index (χ4v) is 2.11. The maximum Gasteiger partial charge on any atom is 0.231 e. The molecule has 1 saturated heterocycles. The maximum absolute atomic E-state index is 5.42. The Morgan fingerprint density at radius 3 is 2.88 bits per heavy atom. The second kappa shape index (κ2) is 3.92. The first-order chi connectivity index (χ1) is 8.25. The van der Waals surface area contributed by atoms with Gasteiger partial charge in [0, 0.05) is 13.2 Å². The molecule has 4 nitrogen and oxygen atoms in total. The van der Waals surface area contributed by atoms with Crippen LogP contribution < -0.4 is 0 Å². The number of nitrogens with one attached hydrogen (secondary N) is 1. The number of H-pyrrole nitrogens is 1. The highest BCUT2D eigenvalue weighted by Crippen LogP contribution is 2.29. The number of fused-ring (bicyclic) bond motifs is 1. The van der Waals surface area contributed by atoms with Gasteiger partial charge >= 0.3 is 0 Å². The van der Waals surface area contributed by atoms with Crippen molar-refractivity contribution in [3.8, 4) is 0 Å². The van der Waals surface area contributed by atoms with Crippen LogP contribution in [0.5, 0.6) is 0 Å². The number of nitrogens with zero attached hydrogens (tertiary/aromatic N) is 1. The van der Waals surface area contributed by atoms with E-state index in [-0.39, 0.29) is 0 Å². The number of hydrogen-bond acceptors (Lipinski definition) is 3. The Bertz CT molecular complexity index is 604. The smallest absolute Gasteiger partial charge is 0.231 e. The van der Waals surface area contributed by atoms with Crippen molar-refractivity contribution < 1.29 is 9.47 Å². The number of aromatic amines is 1. The van der Waals surface area contributed by atoms with Crippen molar-refractivity contribution in [1.29, 1.82) is 0 Å². The van der Waals surface area contributed by atoms with Gasteiger partial charge in [-0.3, -0.25) is 0 Å². The Kier molecular flexibility index (Phi) is 2.40. The summed E-state index contributed by atoms with van der Waals surface area (Å²) in [6.07, 6.45) is 8.87. The monoisotopic (exact) mass is 248 g/mol. The first-order valence-electron chi connectivity index (χ1n) is 5.38. The molecule has 1 aliphatic carbocycles. The van der Waals surface area contributed by atoms with Gasteiger partial charge in [-0.15, -0.1) is 0 Å². The fraction of sp³-hybridized carbons (Fsp3) is 0.250. The highest BCUT2D eigenvalue weighted by Gasteiger charge is 2.19. The van der Waals surface area contributed by atoms with Gasteiger partial charge in [-0.2, -0.15) is 0 Å². The molecule has 1 aromatic heterocycles. The summed E-state index contributed by atoms with van der Waals surface area (Å²) in [6.45, 7) is 0.302. The number of aromatic nitrogens is 2. The molecule has 0 aromatic carbocycles. The van der Waals surface area contributed by atoms with Crippen LogP contribution in [0.15, 0.2) is 35.9 Å². The standard InChI is InChI=1S/C12H12N2O2S/c1-14-9(6-13-12(14)17)8-3-2-4-10-11(5-8)16-7-15-10/h3-6H,2,7H2,1H3,(H,13,17). The molecule has 1 N–H and O–H groups in total. The zero-order valence-corrected chi connectivity index (χ0v) is 10.2. The average Bonchev–Trinajstić information content (AvgIpc) is 2.82. The normalized spacial score (nSPS) is 18.3. The van der Waals surface area contributed by atoms with E-state index >= 15 is 0 Å². The van der Waals surface area contributed by atoms with Crippen LogP contribution >= 0.6 is 12.2 Å². The molecule has 0 unspecified atom stereocenters. The lowest BCUT2D eigenvalue weighted by Gasteiger charge is -2.03. The number of imidazole rings is 1. The summed E-state index contributed by atoms with van der Waals surface area (Å²) in [7, 11) is 1.94.